The van der Waals surface area contributed by atoms with E-state index in [2.05, 4.69) is 0 Å². The number of nitrogens with zero attached hydrogens (tertiary/aromatic N) is 1. The predicted molar refractivity (Wildman–Crippen MR) is 55.0 cm³/mol. The van der Waals surface area contributed by atoms with Gasteiger partial charge in [-0.2, -0.15) is 0 Å². The lowest BCUT2D eigenvalue weighted by Gasteiger charge is -2.28. The van der Waals surface area contributed by atoms with Crippen LogP contribution in [0.25, 0.3) is 0 Å². The third-order valence-electron chi connectivity index (χ3n) is 2.29. The van der Waals surface area contributed by atoms with E-state index in [-0.39, 0.29) is 12.1 Å². The zero-order valence-corrected chi connectivity index (χ0v) is 9.87. The van der Waals surface area contributed by atoms with E-state index in [4.69, 9.17) is 4.74 Å². The average molecular weight is 203 g/mol. The van der Waals surface area contributed by atoms with E-state index < -0.39 is 11.6 Å². The molecule has 0 aromatic carbocycles. The normalized spacial score (nSPS) is 16.6. The van der Waals surface area contributed by atoms with Gasteiger partial charge in [0.05, 0.1) is 0 Å². The van der Waals surface area contributed by atoms with Crippen LogP contribution in [0.2, 0.25) is 0 Å². The fourth-order valence-corrected chi connectivity index (χ4v) is 0.831. The van der Waals surface area contributed by atoms with E-state index in [0.717, 1.165) is 0 Å². The number of aliphatic hydroxyl groups is 1. The van der Waals surface area contributed by atoms with Crippen LogP contribution in [0.4, 0.5) is 0 Å². The minimum Gasteiger partial charge on any atom is -0.459 e. The molecular formula is C10H21NO3. The highest BCUT2D eigenvalue weighted by molar-refractivity contribution is 5.78. The van der Waals surface area contributed by atoms with E-state index in [9.17, 15) is 9.90 Å². The van der Waals surface area contributed by atoms with E-state index in [1.165, 1.54) is 13.8 Å². The van der Waals surface area contributed by atoms with E-state index in [0.29, 0.717) is 0 Å². The maximum atomic E-state index is 11.3. The third-order valence-corrected chi connectivity index (χ3v) is 2.29. The quantitative estimate of drug-likeness (QED) is 0.681. The van der Waals surface area contributed by atoms with Crippen LogP contribution in [0, 0.1) is 0 Å². The summed E-state index contributed by atoms with van der Waals surface area (Å²) in [5, 5.41) is 9.37. The molecule has 0 aliphatic carbocycles. The van der Waals surface area contributed by atoms with Crippen LogP contribution in [0.3, 0.4) is 0 Å². The Morgan fingerprint density at radius 1 is 1.36 bits per heavy atom. The van der Waals surface area contributed by atoms with Crippen molar-refractivity contribution in [3.63, 3.8) is 0 Å². The van der Waals surface area contributed by atoms with Gasteiger partial charge in [-0.3, -0.25) is 0 Å². The van der Waals surface area contributed by atoms with Crippen molar-refractivity contribution in [2.45, 2.75) is 45.4 Å². The summed E-state index contributed by atoms with van der Waals surface area (Å²) in [5.74, 6) is -0.585. The summed E-state index contributed by atoms with van der Waals surface area (Å²) < 4.78 is 5.11. The van der Waals surface area contributed by atoms with Crippen LogP contribution >= 0.6 is 0 Å². The Bertz CT molecular complexity index is 196. The number of esters is 1. The number of carbonyl (C=O) groups is 1. The molecule has 0 aliphatic rings. The second-order valence-electron chi connectivity index (χ2n) is 4.37. The Labute approximate surface area is 85.9 Å². The van der Waals surface area contributed by atoms with E-state index >= 15 is 0 Å². The molecule has 0 spiro atoms. The van der Waals surface area contributed by atoms with Crippen molar-refractivity contribution in [2.75, 3.05) is 14.1 Å². The minimum atomic E-state index is -1.42. The van der Waals surface area contributed by atoms with E-state index in [1.54, 1.807) is 0 Å². The lowest BCUT2D eigenvalue weighted by Crippen LogP contribution is -2.42. The molecule has 14 heavy (non-hydrogen) atoms. The minimum absolute atomic E-state index is 0.126. The Hall–Kier alpha value is -0.610. The van der Waals surface area contributed by atoms with Crippen LogP contribution in [0.1, 0.15) is 27.7 Å². The number of hydrogen-bond donors (Lipinski definition) is 1. The van der Waals surface area contributed by atoms with Gasteiger partial charge in [0.2, 0.25) is 0 Å². The summed E-state index contributed by atoms with van der Waals surface area (Å²) in [6, 6.07) is 0.126. The largest absolute Gasteiger partial charge is 0.459 e. The highest BCUT2D eigenvalue weighted by atomic mass is 16.6. The summed E-state index contributed by atoms with van der Waals surface area (Å²) >= 11 is 0. The Morgan fingerprint density at radius 2 is 1.79 bits per heavy atom. The molecule has 4 nitrogen and oxygen atoms in total. The van der Waals surface area contributed by atoms with Gasteiger partial charge in [0.15, 0.2) is 5.60 Å². The Kier molecular flexibility index (Phi) is 4.55. The van der Waals surface area contributed by atoms with Gasteiger partial charge in [-0.25, -0.2) is 4.79 Å². The van der Waals surface area contributed by atoms with E-state index in [1.807, 2.05) is 32.8 Å². The molecule has 0 heterocycles. The lowest BCUT2D eigenvalue weighted by molar-refractivity contribution is -0.169. The molecule has 0 rings (SSSR count). The van der Waals surface area contributed by atoms with Crippen molar-refractivity contribution in [2.24, 2.45) is 0 Å². The standard InChI is InChI=1S/C10H21NO3/c1-7(11(5)6)8(2)14-9(12)10(3,4)13/h7-8,13H,1-6H3. The molecule has 0 aliphatic heterocycles. The molecule has 0 radical (unpaired) electrons. The highest BCUT2D eigenvalue weighted by Gasteiger charge is 2.29. The van der Waals surface area contributed by atoms with Crippen molar-refractivity contribution in [1.29, 1.82) is 0 Å². The molecule has 0 amide bonds. The first kappa shape index (κ1) is 13.4. The van der Waals surface area contributed by atoms with Gasteiger partial charge in [0.1, 0.15) is 6.10 Å². The van der Waals surface area contributed by atoms with Crippen molar-refractivity contribution in [3.05, 3.63) is 0 Å². The molecular weight excluding hydrogens is 182 g/mol. The first-order chi connectivity index (χ1) is 6.16. The van der Waals surface area contributed by atoms with Gasteiger partial charge in [0.25, 0.3) is 0 Å². The molecule has 2 unspecified atom stereocenters. The van der Waals surface area contributed by atoms with Gasteiger partial charge in [-0.05, 0) is 41.8 Å². The molecule has 0 aromatic heterocycles. The van der Waals surface area contributed by atoms with Crippen LogP contribution in [0.15, 0.2) is 0 Å². The first-order valence-corrected chi connectivity index (χ1v) is 4.76. The molecule has 84 valence electrons. The van der Waals surface area contributed by atoms with Crippen molar-refractivity contribution < 1.29 is 14.6 Å². The van der Waals surface area contributed by atoms with Gasteiger partial charge < -0.3 is 14.7 Å². The molecule has 0 saturated heterocycles. The Morgan fingerprint density at radius 3 is 2.07 bits per heavy atom. The van der Waals surface area contributed by atoms with Gasteiger partial charge in [0, 0.05) is 6.04 Å². The predicted octanol–water partition coefficient (Wildman–Crippen LogP) is 0.639. The fraction of sp³-hybridized carbons (Fsp3) is 0.900. The van der Waals surface area contributed by atoms with Gasteiger partial charge >= 0.3 is 5.97 Å². The van der Waals surface area contributed by atoms with Crippen LogP contribution in [-0.2, 0) is 9.53 Å². The molecule has 0 saturated carbocycles. The second kappa shape index (κ2) is 4.75. The lowest BCUT2D eigenvalue weighted by atomic mass is 10.1. The summed E-state index contributed by atoms with van der Waals surface area (Å²) in [5.41, 5.74) is -1.42. The molecule has 1 N–H and O–H groups in total. The zero-order chi connectivity index (χ0) is 11.5. The van der Waals surface area contributed by atoms with Gasteiger partial charge in [-0.1, -0.05) is 0 Å². The van der Waals surface area contributed by atoms with Gasteiger partial charge in [-0.15, -0.1) is 0 Å². The number of hydrogen-bond acceptors (Lipinski definition) is 4. The highest BCUT2D eigenvalue weighted by Crippen LogP contribution is 2.10. The van der Waals surface area contributed by atoms with Crippen molar-refractivity contribution in [1.82, 2.24) is 4.90 Å². The van der Waals surface area contributed by atoms with Crippen LogP contribution < -0.4 is 0 Å². The van der Waals surface area contributed by atoms with Crippen molar-refractivity contribution in [3.8, 4) is 0 Å². The zero-order valence-electron chi connectivity index (χ0n) is 9.87. The number of rotatable bonds is 4. The maximum Gasteiger partial charge on any atom is 0.337 e. The SMILES string of the molecule is CC(OC(=O)C(C)(C)O)C(C)N(C)C. The Balaban J connectivity index is 4.20. The number of likely N-dealkylation sites (N-methyl/N-ethyl adjacent to an activating group) is 1. The smallest absolute Gasteiger partial charge is 0.337 e. The van der Waals surface area contributed by atoms with Crippen LogP contribution in [0.5, 0.6) is 0 Å². The average Bonchev–Trinajstić information content (AvgIpc) is 2.00. The monoisotopic (exact) mass is 203 g/mol. The maximum absolute atomic E-state index is 11.3. The van der Waals surface area contributed by atoms with Crippen LogP contribution in [-0.4, -0.2) is 47.8 Å². The molecule has 0 aromatic rings. The molecule has 0 bridgehead atoms. The molecule has 0 fully saturated rings. The second-order valence-corrected chi connectivity index (χ2v) is 4.37. The summed E-state index contributed by atoms with van der Waals surface area (Å²) in [6.07, 6.45) is -0.232. The molecule has 4 heteroatoms. The summed E-state index contributed by atoms with van der Waals surface area (Å²) in [4.78, 5) is 13.3. The topological polar surface area (TPSA) is 49.8 Å². The first-order valence-electron chi connectivity index (χ1n) is 4.76. The summed E-state index contributed by atoms with van der Waals surface area (Å²) in [6.45, 7) is 6.61. The molecule has 2 atom stereocenters. The fourth-order valence-electron chi connectivity index (χ4n) is 0.831. The van der Waals surface area contributed by atoms with Crippen molar-refractivity contribution >= 4 is 5.97 Å². The summed E-state index contributed by atoms with van der Waals surface area (Å²) in [7, 11) is 3.83. The third kappa shape index (κ3) is 4.07. The number of carbonyl (C=O) groups excluding carboxylic acids is 1. The number of ether oxygens (including phenoxy) is 1.